The van der Waals surface area contributed by atoms with Crippen LogP contribution in [0, 0.1) is 0 Å². The molecule has 2 N–H and O–H groups in total. The summed E-state index contributed by atoms with van der Waals surface area (Å²) in [6, 6.07) is 5.44. The molecule has 18 heavy (non-hydrogen) atoms. The van der Waals surface area contributed by atoms with E-state index in [1.807, 2.05) is 12.1 Å². The van der Waals surface area contributed by atoms with E-state index in [1.54, 1.807) is 6.07 Å². The minimum Gasteiger partial charge on any atom is -0.400 e. The van der Waals surface area contributed by atoms with Gasteiger partial charge in [-0.25, -0.2) is 0 Å². The molecule has 0 unspecified atom stereocenters. The first-order valence-corrected chi connectivity index (χ1v) is 5.90. The van der Waals surface area contributed by atoms with Gasteiger partial charge in [-0.1, -0.05) is 39.0 Å². The molecule has 1 aromatic rings. The summed E-state index contributed by atoms with van der Waals surface area (Å²) >= 11 is 5.96. The zero-order valence-corrected chi connectivity index (χ0v) is 12.0. The highest BCUT2D eigenvalue weighted by Gasteiger charge is 2.18. The van der Waals surface area contributed by atoms with Crippen LogP contribution in [0.25, 0.3) is 0 Å². The van der Waals surface area contributed by atoms with Gasteiger partial charge in [-0.15, -0.1) is 0 Å². The second kappa shape index (κ2) is 7.19. The standard InChI is InChI=1S/C13H16ClNO.CH4O/c1-5-12(16)15-11-7-6-9(14)8-10(11)13(2,3)4;1-2/h5-8H,1H2,2-4H3,(H,15,16);2H,1H3. The molecule has 1 amide bonds. The number of hydrogen-bond acceptors (Lipinski definition) is 2. The molecular weight excluding hydrogens is 250 g/mol. The fraction of sp³-hybridized carbons (Fsp3) is 0.357. The molecule has 0 aliphatic heterocycles. The molecule has 0 fully saturated rings. The van der Waals surface area contributed by atoms with Gasteiger partial charge >= 0.3 is 0 Å². The Kier molecular flexibility index (Phi) is 6.66. The van der Waals surface area contributed by atoms with Crippen molar-refractivity contribution in [2.45, 2.75) is 26.2 Å². The van der Waals surface area contributed by atoms with Gasteiger partial charge in [0.1, 0.15) is 0 Å². The Morgan fingerprint density at radius 1 is 1.39 bits per heavy atom. The maximum absolute atomic E-state index is 11.3. The summed E-state index contributed by atoms with van der Waals surface area (Å²) in [5, 5.41) is 10.4. The Hall–Kier alpha value is -1.32. The van der Waals surface area contributed by atoms with Crippen molar-refractivity contribution in [3.05, 3.63) is 41.4 Å². The Bertz CT molecular complexity index is 422. The monoisotopic (exact) mass is 269 g/mol. The van der Waals surface area contributed by atoms with E-state index in [0.717, 1.165) is 18.4 Å². The molecule has 0 saturated carbocycles. The fourth-order valence-corrected chi connectivity index (χ4v) is 1.60. The van der Waals surface area contributed by atoms with Gasteiger partial charge in [-0.05, 0) is 35.3 Å². The van der Waals surface area contributed by atoms with E-state index >= 15 is 0 Å². The Balaban J connectivity index is 0.00000137. The first-order valence-electron chi connectivity index (χ1n) is 5.53. The largest absolute Gasteiger partial charge is 0.400 e. The van der Waals surface area contributed by atoms with E-state index in [9.17, 15) is 4.79 Å². The van der Waals surface area contributed by atoms with Gasteiger partial charge in [0, 0.05) is 17.8 Å². The minimum atomic E-state index is -0.215. The fourth-order valence-electron chi connectivity index (χ4n) is 1.43. The zero-order chi connectivity index (χ0) is 14.3. The molecule has 0 aliphatic rings. The lowest BCUT2D eigenvalue weighted by atomic mass is 9.86. The first-order chi connectivity index (χ1) is 8.34. The van der Waals surface area contributed by atoms with E-state index in [2.05, 4.69) is 32.7 Å². The number of nitrogens with one attached hydrogen (secondary N) is 1. The molecular formula is C14H20ClNO2. The molecule has 3 nitrogen and oxygen atoms in total. The topological polar surface area (TPSA) is 49.3 Å². The number of carbonyl (C=O) groups is 1. The van der Waals surface area contributed by atoms with Gasteiger partial charge in [0.2, 0.25) is 5.91 Å². The van der Waals surface area contributed by atoms with Crippen LogP contribution in [0.2, 0.25) is 5.02 Å². The third kappa shape index (κ3) is 4.90. The lowest BCUT2D eigenvalue weighted by Gasteiger charge is -2.23. The third-order valence-corrected chi connectivity index (χ3v) is 2.47. The van der Waals surface area contributed by atoms with Crippen LogP contribution in [-0.4, -0.2) is 18.1 Å². The number of amides is 1. The van der Waals surface area contributed by atoms with Crippen LogP contribution in [0.1, 0.15) is 26.3 Å². The molecule has 100 valence electrons. The Morgan fingerprint density at radius 2 is 1.94 bits per heavy atom. The summed E-state index contributed by atoms with van der Waals surface area (Å²) in [5.74, 6) is -0.215. The van der Waals surface area contributed by atoms with Crippen LogP contribution in [-0.2, 0) is 10.2 Å². The van der Waals surface area contributed by atoms with Crippen LogP contribution in [0.15, 0.2) is 30.9 Å². The molecule has 0 heterocycles. The predicted molar refractivity (Wildman–Crippen MR) is 77.1 cm³/mol. The second-order valence-corrected chi connectivity index (χ2v) is 5.07. The van der Waals surface area contributed by atoms with E-state index in [4.69, 9.17) is 16.7 Å². The molecule has 0 radical (unpaired) electrons. The zero-order valence-electron chi connectivity index (χ0n) is 11.2. The van der Waals surface area contributed by atoms with Gasteiger partial charge in [0.05, 0.1) is 0 Å². The molecule has 1 rings (SSSR count). The normalized spacial score (nSPS) is 10.1. The van der Waals surface area contributed by atoms with Crippen molar-refractivity contribution in [3.63, 3.8) is 0 Å². The van der Waals surface area contributed by atoms with Crippen molar-refractivity contribution in [2.24, 2.45) is 0 Å². The molecule has 1 aromatic carbocycles. The highest BCUT2D eigenvalue weighted by atomic mass is 35.5. The van der Waals surface area contributed by atoms with Gasteiger partial charge < -0.3 is 10.4 Å². The number of benzene rings is 1. The number of carbonyl (C=O) groups excluding carboxylic acids is 1. The van der Waals surface area contributed by atoms with Crippen molar-refractivity contribution in [3.8, 4) is 0 Å². The summed E-state index contributed by atoms with van der Waals surface area (Å²) in [6.07, 6.45) is 1.25. The highest BCUT2D eigenvalue weighted by molar-refractivity contribution is 6.30. The average molecular weight is 270 g/mol. The molecule has 0 spiro atoms. The van der Waals surface area contributed by atoms with Crippen molar-refractivity contribution < 1.29 is 9.90 Å². The number of rotatable bonds is 2. The first kappa shape index (κ1) is 16.7. The van der Waals surface area contributed by atoms with E-state index in [0.29, 0.717) is 5.02 Å². The van der Waals surface area contributed by atoms with Crippen molar-refractivity contribution in [1.82, 2.24) is 0 Å². The van der Waals surface area contributed by atoms with Gasteiger partial charge in [-0.2, -0.15) is 0 Å². The number of hydrogen-bond donors (Lipinski definition) is 2. The molecule has 0 atom stereocenters. The molecule has 0 saturated heterocycles. The molecule has 4 heteroatoms. The molecule has 0 bridgehead atoms. The predicted octanol–water partition coefficient (Wildman–Crippen LogP) is 3.37. The number of anilines is 1. The van der Waals surface area contributed by atoms with E-state index in [1.165, 1.54) is 6.08 Å². The molecule has 0 aliphatic carbocycles. The van der Waals surface area contributed by atoms with Crippen LogP contribution < -0.4 is 5.32 Å². The highest BCUT2D eigenvalue weighted by Crippen LogP contribution is 2.31. The lowest BCUT2D eigenvalue weighted by Crippen LogP contribution is -2.17. The molecule has 0 aromatic heterocycles. The number of aliphatic hydroxyl groups is 1. The quantitative estimate of drug-likeness (QED) is 0.809. The van der Waals surface area contributed by atoms with Gasteiger partial charge in [0.15, 0.2) is 0 Å². The average Bonchev–Trinajstić information content (AvgIpc) is 2.32. The van der Waals surface area contributed by atoms with E-state index in [-0.39, 0.29) is 11.3 Å². The summed E-state index contributed by atoms with van der Waals surface area (Å²) in [4.78, 5) is 11.3. The second-order valence-electron chi connectivity index (χ2n) is 4.63. The summed E-state index contributed by atoms with van der Waals surface area (Å²) < 4.78 is 0. The summed E-state index contributed by atoms with van der Waals surface area (Å²) in [5.41, 5.74) is 1.71. The van der Waals surface area contributed by atoms with Gasteiger partial charge in [0.25, 0.3) is 0 Å². The number of halogens is 1. The van der Waals surface area contributed by atoms with Crippen LogP contribution in [0.4, 0.5) is 5.69 Å². The van der Waals surface area contributed by atoms with Crippen LogP contribution >= 0.6 is 11.6 Å². The summed E-state index contributed by atoms with van der Waals surface area (Å²) in [6.45, 7) is 9.64. The van der Waals surface area contributed by atoms with Crippen molar-refractivity contribution >= 4 is 23.2 Å². The maximum atomic E-state index is 11.3. The van der Waals surface area contributed by atoms with Crippen molar-refractivity contribution in [1.29, 1.82) is 0 Å². The SMILES string of the molecule is C=CC(=O)Nc1ccc(Cl)cc1C(C)(C)C.CO. The summed E-state index contributed by atoms with van der Waals surface area (Å²) in [7, 11) is 1.00. The van der Waals surface area contributed by atoms with Crippen LogP contribution in [0.5, 0.6) is 0 Å². The lowest BCUT2D eigenvalue weighted by molar-refractivity contribution is -0.111. The Labute approximate surface area is 113 Å². The Morgan fingerprint density at radius 3 is 2.39 bits per heavy atom. The smallest absolute Gasteiger partial charge is 0.247 e. The third-order valence-electron chi connectivity index (χ3n) is 2.23. The maximum Gasteiger partial charge on any atom is 0.247 e. The minimum absolute atomic E-state index is 0.0747. The van der Waals surface area contributed by atoms with Gasteiger partial charge in [-0.3, -0.25) is 4.79 Å². The van der Waals surface area contributed by atoms with E-state index < -0.39 is 0 Å². The van der Waals surface area contributed by atoms with Crippen LogP contribution in [0.3, 0.4) is 0 Å². The number of aliphatic hydroxyl groups excluding tert-OH is 1. The van der Waals surface area contributed by atoms with Crippen molar-refractivity contribution in [2.75, 3.05) is 12.4 Å².